The minimum Gasteiger partial charge on any atom is -0.381 e. The van der Waals surface area contributed by atoms with E-state index in [4.69, 9.17) is 4.74 Å². The first-order valence-electron chi connectivity index (χ1n) is 4.38. The summed E-state index contributed by atoms with van der Waals surface area (Å²) in [4.78, 5) is 2.40. The van der Waals surface area contributed by atoms with Gasteiger partial charge in [0.25, 0.3) is 0 Å². The van der Waals surface area contributed by atoms with Gasteiger partial charge >= 0.3 is 0 Å². The maximum atomic E-state index is 5.40. The fraction of sp³-hybridized carbons (Fsp3) is 1.00. The maximum Gasteiger partial charge on any atom is 0.0623 e. The van der Waals surface area contributed by atoms with Crippen molar-refractivity contribution in [3.8, 4) is 0 Å². The van der Waals surface area contributed by atoms with Crippen LogP contribution in [0.2, 0.25) is 0 Å². The number of hydrogen-bond donors (Lipinski definition) is 0. The Morgan fingerprint density at radius 2 is 2.00 bits per heavy atom. The summed E-state index contributed by atoms with van der Waals surface area (Å²) < 4.78 is 5.40. The Labute approximate surface area is 69.5 Å². The van der Waals surface area contributed by atoms with Crippen molar-refractivity contribution >= 4 is 0 Å². The molecule has 2 heteroatoms. The Bertz CT molecular complexity index is 127. The van der Waals surface area contributed by atoms with Gasteiger partial charge in [-0.1, -0.05) is 6.92 Å². The van der Waals surface area contributed by atoms with Gasteiger partial charge in [0.15, 0.2) is 0 Å². The van der Waals surface area contributed by atoms with Gasteiger partial charge in [-0.25, -0.2) is 0 Å². The fourth-order valence-corrected chi connectivity index (χ4v) is 1.83. The van der Waals surface area contributed by atoms with E-state index in [2.05, 4.69) is 25.8 Å². The number of piperidine rings is 1. The van der Waals surface area contributed by atoms with E-state index in [1.807, 2.05) is 7.11 Å². The largest absolute Gasteiger partial charge is 0.381 e. The van der Waals surface area contributed by atoms with Crippen LogP contribution in [0.15, 0.2) is 0 Å². The lowest BCUT2D eigenvalue weighted by molar-refractivity contribution is -0.0137. The lowest BCUT2D eigenvalue weighted by Gasteiger charge is -2.38. The molecule has 0 aromatic carbocycles. The van der Waals surface area contributed by atoms with Crippen molar-refractivity contribution in [3.05, 3.63) is 0 Å². The second kappa shape index (κ2) is 3.55. The zero-order valence-corrected chi connectivity index (χ0v) is 8.00. The van der Waals surface area contributed by atoms with Gasteiger partial charge in [-0.05, 0) is 26.3 Å². The first-order valence-corrected chi connectivity index (χ1v) is 4.38. The van der Waals surface area contributed by atoms with Gasteiger partial charge in [-0.15, -0.1) is 0 Å². The van der Waals surface area contributed by atoms with Crippen molar-refractivity contribution in [3.63, 3.8) is 0 Å². The minimum atomic E-state index is 0.473. The van der Waals surface area contributed by atoms with E-state index in [1.54, 1.807) is 0 Å². The van der Waals surface area contributed by atoms with Crippen LogP contribution in [0.1, 0.15) is 20.3 Å². The molecule has 1 aliphatic heterocycles. The zero-order chi connectivity index (χ0) is 8.43. The highest BCUT2D eigenvalue weighted by molar-refractivity contribution is 4.81. The van der Waals surface area contributed by atoms with Crippen molar-refractivity contribution in [2.75, 3.05) is 20.7 Å². The molecule has 0 saturated carbocycles. The van der Waals surface area contributed by atoms with Crippen LogP contribution in [-0.2, 0) is 4.74 Å². The third-order valence-corrected chi connectivity index (χ3v) is 2.84. The van der Waals surface area contributed by atoms with Crippen molar-refractivity contribution in [1.82, 2.24) is 4.90 Å². The van der Waals surface area contributed by atoms with Crippen LogP contribution in [0.5, 0.6) is 0 Å². The molecule has 0 amide bonds. The molecule has 0 unspecified atom stereocenters. The molecule has 3 atom stereocenters. The summed E-state index contributed by atoms with van der Waals surface area (Å²) in [6.07, 6.45) is 1.65. The normalized spacial score (nSPS) is 40.9. The number of nitrogens with zero attached hydrogens (tertiary/aromatic N) is 1. The van der Waals surface area contributed by atoms with E-state index in [0.29, 0.717) is 18.1 Å². The molecule has 1 heterocycles. The topological polar surface area (TPSA) is 12.5 Å². The summed E-state index contributed by atoms with van der Waals surface area (Å²) in [5.41, 5.74) is 0. The van der Waals surface area contributed by atoms with Gasteiger partial charge in [0.2, 0.25) is 0 Å². The number of methoxy groups -OCH3 is 1. The maximum absolute atomic E-state index is 5.40. The van der Waals surface area contributed by atoms with Crippen LogP contribution in [-0.4, -0.2) is 37.7 Å². The molecule has 0 radical (unpaired) electrons. The third-order valence-electron chi connectivity index (χ3n) is 2.84. The zero-order valence-electron chi connectivity index (χ0n) is 8.00. The van der Waals surface area contributed by atoms with E-state index in [1.165, 1.54) is 13.0 Å². The Hall–Kier alpha value is -0.0800. The van der Waals surface area contributed by atoms with Crippen LogP contribution in [0, 0.1) is 5.92 Å². The van der Waals surface area contributed by atoms with Crippen LogP contribution < -0.4 is 0 Å². The molecule has 0 aromatic rings. The van der Waals surface area contributed by atoms with Crippen molar-refractivity contribution in [2.24, 2.45) is 5.92 Å². The number of likely N-dealkylation sites (tertiary alicyclic amines) is 1. The highest BCUT2D eigenvalue weighted by atomic mass is 16.5. The standard InChI is InChI=1S/C9H19NO/c1-7-6-10(3)8(2)5-9(7)11-4/h7-9H,5-6H2,1-4H3/t7-,8-,9-/m1/s1. The first-order chi connectivity index (χ1) is 5.15. The average molecular weight is 157 g/mol. The van der Waals surface area contributed by atoms with Crippen molar-refractivity contribution < 1.29 is 4.74 Å². The van der Waals surface area contributed by atoms with Crippen molar-refractivity contribution in [2.45, 2.75) is 32.4 Å². The Balaban J connectivity index is 2.48. The second-order valence-corrected chi connectivity index (χ2v) is 3.78. The van der Waals surface area contributed by atoms with E-state index in [-0.39, 0.29) is 0 Å². The number of hydrogen-bond acceptors (Lipinski definition) is 2. The third kappa shape index (κ3) is 1.94. The molecule has 1 rings (SSSR count). The first kappa shape index (κ1) is 9.01. The summed E-state index contributed by atoms with van der Waals surface area (Å²) in [5, 5.41) is 0. The Morgan fingerprint density at radius 1 is 1.36 bits per heavy atom. The molecule has 11 heavy (non-hydrogen) atoms. The van der Waals surface area contributed by atoms with Gasteiger partial charge in [-0.3, -0.25) is 0 Å². The molecular formula is C9H19NO. The number of rotatable bonds is 1. The summed E-state index contributed by atoms with van der Waals surface area (Å²) in [6, 6.07) is 0.677. The lowest BCUT2D eigenvalue weighted by atomic mass is 9.92. The van der Waals surface area contributed by atoms with Gasteiger partial charge in [0.1, 0.15) is 0 Å². The molecule has 1 aliphatic rings. The molecule has 2 nitrogen and oxygen atoms in total. The van der Waals surface area contributed by atoms with Gasteiger partial charge < -0.3 is 9.64 Å². The molecule has 1 fully saturated rings. The van der Waals surface area contributed by atoms with E-state index < -0.39 is 0 Å². The molecule has 0 aliphatic carbocycles. The average Bonchev–Trinajstić information content (AvgIpc) is 1.97. The lowest BCUT2D eigenvalue weighted by Crippen LogP contribution is -2.45. The second-order valence-electron chi connectivity index (χ2n) is 3.78. The summed E-state index contributed by atoms with van der Waals surface area (Å²) >= 11 is 0. The summed E-state index contributed by atoms with van der Waals surface area (Å²) in [5.74, 6) is 0.682. The Kier molecular flexibility index (Phi) is 2.90. The van der Waals surface area contributed by atoms with E-state index >= 15 is 0 Å². The highest BCUT2D eigenvalue weighted by Gasteiger charge is 2.28. The van der Waals surface area contributed by atoms with Gasteiger partial charge in [-0.2, -0.15) is 0 Å². The number of ether oxygens (including phenoxy) is 1. The van der Waals surface area contributed by atoms with Crippen LogP contribution in [0.25, 0.3) is 0 Å². The van der Waals surface area contributed by atoms with Crippen LogP contribution in [0.4, 0.5) is 0 Å². The summed E-state index contributed by atoms with van der Waals surface area (Å²) in [7, 11) is 4.01. The highest BCUT2D eigenvalue weighted by Crippen LogP contribution is 2.22. The monoisotopic (exact) mass is 157 g/mol. The smallest absolute Gasteiger partial charge is 0.0623 e. The minimum absolute atomic E-state index is 0.473. The fourth-order valence-electron chi connectivity index (χ4n) is 1.83. The predicted molar refractivity (Wildman–Crippen MR) is 46.7 cm³/mol. The van der Waals surface area contributed by atoms with Crippen molar-refractivity contribution in [1.29, 1.82) is 0 Å². The van der Waals surface area contributed by atoms with Gasteiger partial charge in [0, 0.05) is 19.7 Å². The Morgan fingerprint density at radius 3 is 2.55 bits per heavy atom. The quantitative estimate of drug-likeness (QED) is 0.570. The van der Waals surface area contributed by atoms with Crippen LogP contribution >= 0.6 is 0 Å². The summed E-state index contributed by atoms with van der Waals surface area (Å²) in [6.45, 7) is 5.69. The molecule has 0 spiro atoms. The predicted octanol–water partition coefficient (Wildman–Crippen LogP) is 1.36. The molecule has 66 valence electrons. The molecule has 0 N–H and O–H groups in total. The van der Waals surface area contributed by atoms with Crippen LogP contribution in [0.3, 0.4) is 0 Å². The molecular weight excluding hydrogens is 138 g/mol. The molecule has 1 saturated heterocycles. The SMILES string of the molecule is CO[C@@H]1C[C@@H](C)N(C)C[C@H]1C. The van der Waals surface area contributed by atoms with Gasteiger partial charge in [0.05, 0.1) is 6.10 Å². The molecule has 0 aromatic heterocycles. The molecule has 0 bridgehead atoms. The van der Waals surface area contributed by atoms with E-state index in [9.17, 15) is 0 Å². The van der Waals surface area contributed by atoms with E-state index in [0.717, 1.165) is 0 Å².